The van der Waals surface area contributed by atoms with Gasteiger partial charge in [0.15, 0.2) is 0 Å². The number of aliphatic carboxylic acids is 1. The summed E-state index contributed by atoms with van der Waals surface area (Å²) < 4.78 is 5.11. The molecule has 22 heavy (non-hydrogen) atoms. The molecule has 2 N–H and O–H groups in total. The molecule has 5 heteroatoms. The van der Waals surface area contributed by atoms with Gasteiger partial charge in [-0.05, 0) is 46.1 Å². The second-order valence-electron chi connectivity index (χ2n) is 6.44. The van der Waals surface area contributed by atoms with Crippen molar-refractivity contribution in [1.29, 1.82) is 0 Å². The summed E-state index contributed by atoms with van der Waals surface area (Å²) in [5.41, 5.74) is 1.57. The largest absolute Gasteiger partial charge is 0.481 e. The first-order valence-electron chi connectivity index (χ1n) is 7.42. The average molecular weight is 307 g/mol. The van der Waals surface area contributed by atoms with Crippen molar-refractivity contribution < 1.29 is 19.4 Å². The number of hydrogen-bond donors (Lipinski definition) is 2. The Kier molecular flexibility index (Phi) is 6.40. The Hall–Kier alpha value is -2.04. The van der Waals surface area contributed by atoms with Crippen LogP contribution in [0.2, 0.25) is 0 Å². The quantitative estimate of drug-likeness (QED) is 0.846. The molecule has 1 aromatic carbocycles. The molecule has 0 heterocycles. The third kappa shape index (κ3) is 7.11. The minimum absolute atomic E-state index is 0.276. The van der Waals surface area contributed by atoms with Crippen LogP contribution in [-0.2, 0) is 16.0 Å². The number of rotatable bonds is 6. The predicted octanol–water partition coefficient (Wildman–Crippen LogP) is 3.15. The van der Waals surface area contributed by atoms with Crippen LogP contribution < -0.4 is 5.32 Å². The first-order chi connectivity index (χ1) is 10.2. The lowest BCUT2D eigenvalue weighted by Gasteiger charge is -2.20. The van der Waals surface area contributed by atoms with Gasteiger partial charge in [0.25, 0.3) is 0 Å². The topological polar surface area (TPSA) is 75.6 Å². The molecule has 0 aliphatic carbocycles. The lowest BCUT2D eigenvalue weighted by molar-refractivity contribution is -0.141. The number of carboxylic acids is 1. The van der Waals surface area contributed by atoms with Gasteiger partial charge in [-0.15, -0.1) is 0 Å². The zero-order valence-corrected chi connectivity index (χ0v) is 13.7. The molecule has 0 aliphatic rings. The number of nitrogens with one attached hydrogen (secondary N) is 1. The SMILES string of the molecule is Cc1ccc(C[C@@H](CCNC(=O)OC(C)(C)C)C(=O)O)cc1. The summed E-state index contributed by atoms with van der Waals surface area (Å²) in [5.74, 6) is -1.38. The van der Waals surface area contributed by atoms with Gasteiger partial charge in [0.1, 0.15) is 5.60 Å². The molecule has 0 saturated heterocycles. The standard InChI is InChI=1S/C17H25NO4/c1-12-5-7-13(8-6-12)11-14(15(19)20)9-10-18-16(21)22-17(2,3)4/h5-8,14H,9-11H2,1-4H3,(H,18,21)(H,19,20)/t14-/m1/s1. The van der Waals surface area contributed by atoms with Gasteiger partial charge in [0.2, 0.25) is 0 Å². The highest BCUT2D eigenvalue weighted by Gasteiger charge is 2.20. The van der Waals surface area contributed by atoms with E-state index in [2.05, 4.69) is 5.32 Å². The van der Waals surface area contributed by atoms with Crippen LogP contribution in [0.1, 0.15) is 38.3 Å². The van der Waals surface area contributed by atoms with E-state index in [1.165, 1.54) is 0 Å². The second kappa shape index (κ2) is 7.82. The van der Waals surface area contributed by atoms with Gasteiger partial charge >= 0.3 is 12.1 Å². The molecule has 5 nitrogen and oxygen atoms in total. The summed E-state index contributed by atoms with van der Waals surface area (Å²) in [6, 6.07) is 7.81. The van der Waals surface area contributed by atoms with Gasteiger partial charge in [0.05, 0.1) is 5.92 Å². The fourth-order valence-corrected chi connectivity index (χ4v) is 1.98. The maximum atomic E-state index is 11.5. The van der Waals surface area contributed by atoms with Crippen LogP contribution in [0.4, 0.5) is 4.79 Å². The van der Waals surface area contributed by atoms with E-state index in [9.17, 15) is 14.7 Å². The first kappa shape index (κ1) is 18.0. The van der Waals surface area contributed by atoms with Crippen LogP contribution in [0, 0.1) is 12.8 Å². The van der Waals surface area contributed by atoms with E-state index in [-0.39, 0.29) is 6.54 Å². The highest BCUT2D eigenvalue weighted by molar-refractivity contribution is 5.71. The highest BCUT2D eigenvalue weighted by Crippen LogP contribution is 2.14. The third-order valence-corrected chi connectivity index (χ3v) is 3.11. The fourth-order valence-electron chi connectivity index (χ4n) is 1.98. The molecule has 1 aromatic rings. The molecule has 0 aromatic heterocycles. The van der Waals surface area contributed by atoms with Gasteiger partial charge in [-0.3, -0.25) is 4.79 Å². The summed E-state index contributed by atoms with van der Waals surface area (Å²) in [6.45, 7) is 7.61. The Balaban J connectivity index is 2.46. The number of aryl methyl sites for hydroxylation is 1. The van der Waals surface area contributed by atoms with Crippen LogP contribution in [0.3, 0.4) is 0 Å². The van der Waals surface area contributed by atoms with Crippen molar-refractivity contribution in [2.75, 3.05) is 6.54 Å². The van der Waals surface area contributed by atoms with Crippen molar-refractivity contribution in [2.24, 2.45) is 5.92 Å². The molecule has 0 fully saturated rings. The van der Waals surface area contributed by atoms with Crippen LogP contribution in [0.25, 0.3) is 0 Å². The minimum atomic E-state index is -0.855. The van der Waals surface area contributed by atoms with Crippen LogP contribution in [-0.4, -0.2) is 29.3 Å². The van der Waals surface area contributed by atoms with Crippen molar-refractivity contribution in [2.45, 2.75) is 46.1 Å². The van der Waals surface area contributed by atoms with Crippen molar-refractivity contribution in [1.82, 2.24) is 5.32 Å². The van der Waals surface area contributed by atoms with Crippen molar-refractivity contribution >= 4 is 12.1 Å². The summed E-state index contributed by atoms with van der Waals surface area (Å²) in [7, 11) is 0. The lowest BCUT2D eigenvalue weighted by atomic mass is 9.96. The number of carbonyl (C=O) groups is 2. The molecule has 0 saturated carbocycles. The Morgan fingerprint density at radius 1 is 1.23 bits per heavy atom. The third-order valence-electron chi connectivity index (χ3n) is 3.11. The monoisotopic (exact) mass is 307 g/mol. The van der Waals surface area contributed by atoms with E-state index in [1.807, 2.05) is 31.2 Å². The molecule has 1 amide bonds. The molecule has 1 rings (SSSR count). The number of hydrogen-bond acceptors (Lipinski definition) is 3. The van der Waals surface area contributed by atoms with Gasteiger partial charge < -0.3 is 15.2 Å². The van der Waals surface area contributed by atoms with E-state index in [0.29, 0.717) is 12.8 Å². The van der Waals surface area contributed by atoms with E-state index in [4.69, 9.17) is 4.74 Å². The summed E-state index contributed by atoms with van der Waals surface area (Å²) >= 11 is 0. The van der Waals surface area contributed by atoms with Crippen LogP contribution >= 0.6 is 0 Å². The molecule has 0 bridgehead atoms. The maximum Gasteiger partial charge on any atom is 0.407 e. The smallest absolute Gasteiger partial charge is 0.407 e. The number of carboxylic acid groups (broad SMARTS) is 1. The van der Waals surface area contributed by atoms with Crippen molar-refractivity contribution in [3.63, 3.8) is 0 Å². The van der Waals surface area contributed by atoms with Gasteiger partial charge in [-0.2, -0.15) is 0 Å². The molecule has 1 atom stereocenters. The normalized spacial score (nSPS) is 12.5. The van der Waals surface area contributed by atoms with Gasteiger partial charge in [-0.1, -0.05) is 29.8 Å². The number of benzene rings is 1. The van der Waals surface area contributed by atoms with Crippen molar-refractivity contribution in [3.8, 4) is 0 Å². The molecule has 0 radical (unpaired) electrons. The predicted molar refractivity (Wildman–Crippen MR) is 84.9 cm³/mol. The lowest BCUT2D eigenvalue weighted by Crippen LogP contribution is -2.34. The molecular weight excluding hydrogens is 282 g/mol. The summed E-state index contributed by atoms with van der Waals surface area (Å²) in [5, 5.41) is 11.9. The van der Waals surface area contributed by atoms with Gasteiger partial charge in [0, 0.05) is 6.54 Å². The summed E-state index contributed by atoms with van der Waals surface area (Å²) in [6.07, 6.45) is 0.292. The minimum Gasteiger partial charge on any atom is -0.481 e. The van der Waals surface area contributed by atoms with Gasteiger partial charge in [-0.25, -0.2) is 4.79 Å². The molecule has 0 aliphatic heterocycles. The maximum absolute atomic E-state index is 11.5. The number of ether oxygens (including phenoxy) is 1. The molecule has 122 valence electrons. The van der Waals surface area contributed by atoms with Crippen LogP contribution in [0.5, 0.6) is 0 Å². The Morgan fingerprint density at radius 3 is 2.32 bits per heavy atom. The Labute approximate surface area is 131 Å². The van der Waals surface area contributed by atoms with E-state index in [1.54, 1.807) is 20.8 Å². The van der Waals surface area contributed by atoms with E-state index < -0.39 is 23.6 Å². The zero-order valence-electron chi connectivity index (χ0n) is 13.7. The van der Waals surface area contributed by atoms with E-state index >= 15 is 0 Å². The molecule has 0 spiro atoms. The molecular formula is C17H25NO4. The second-order valence-corrected chi connectivity index (χ2v) is 6.44. The average Bonchev–Trinajstić information content (AvgIpc) is 2.37. The Bertz CT molecular complexity index is 502. The van der Waals surface area contributed by atoms with E-state index in [0.717, 1.165) is 11.1 Å². The first-order valence-corrected chi connectivity index (χ1v) is 7.42. The highest BCUT2D eigenvalue weighted by atomic mass is 16.6. The van der Waals surface area contributed by atoms with Crippen LogP contribution in [0.15, 0.2) is 24.3 Å². The zero-order chi connectivity index (χ0) is 16.8. The van der Waals surface area contributed by atoms with Crippen molar-refractivity contribution in [3.05, 3.63) is 35.4 Å². The number of alkyl carbamates (subject to hydrolysis) is 1. The fraction of sp³-hybridized carbons (Fsp3) is 0.529. The molecule has 0 unspecified atom stereocenters. The number of amides is 1. The Morgan fingerprint density at radius 2 is 1.82 bits per heavy atom. The number of carbonyl (C=O) groups excluding carboxylic acids is 1. The summed E-state index contributed by atoms with van der Waals surface area (Å²) in [4.78, 5) is 22.9.